The molecular weight excluding hydrogens is 198 g/mol. The normalized spacial score (nSPS) is 11.2. The van der Waals surface area contributed by atoms with E-state index >= 15 is 0 Å². The van der Waals surface area contributed by atoms with Gasteiger partial charge in [-0.1, -0.05) is 24.1 Å². The fourth-order valence-corrected chi connectivity index (χ4v) is 2.09. The van der Waals surface area contributed by atoms with E-state index in [4.69, 9.17) is 6.42 Å². The third-order valence-electron chi connectivity index (χ3n) is 1.77. The van der Waals surface area contributed by atoms with Gasteiger partial charge in [-0.05, 0) is 12.1 Å². The van der Waals surface area contributed by atoms with E-state index in [0.29, 0.717) is 0 Å². The molecule has 1 rings (SSSR count). The molecule has 4 heteroatoms. The first-order valence-electron chi connectivity index (χ1n) is 4.04. The van der Waals surface area contributed by atoms with Gasteiger partial charge in [0.05, 0.1) is 11.4 Å². The molecule has 0 unspecified atom stereocenters. The summed E-state index contributed by atoms with van der Waals surface area (Å²) in [4.78, 5) is 0.262. The van der Waals surface area contributed by atoms with Gasteiger partial charge in [0.25, 0.3) is 0 Å². The first-order valence-corrected chi connectivity index (χ1v) is 5.48. The van der Waals surface area contributed by atoms with Gasteiger partial charge in [0, 0.05) is 7.05 Å². The lowest BCUT2D eigenvalue weighted by Crippen LogP contribution is -2.27. The maximum atomic E-state index is 11.8. The van der Waals surface area contributed by atoms with E-state index in [1.807, 2.05) is 0 Å². The maximum Gasteiger partial charge on any atom is 0.243 e. The second kappa shape index (κ2) is 4.27. The van der Waals surface area contributed by atoms with Crippen LogP contribution in [-0.2, 0) is 10.0 Å². The lowest BCUT2D eigenvalue weighted by atomic mass is 10.4. The van der Waals surface area contributed by atoms with E-state index in [9.17, 15) is 8.42 Å². The van der Waals surface area contributed by atoms with Gasteiger partial charge in [0.1, 0.15) is 0 Å². The molecule has 0 heterocycles. The molecule has 74 valence electrons. The predicted molar refractivity (Wildman–Crippen MR) is 55.1 cm³/mol. The standard InChI is InChI=1S/C10H11NO2S/c1-3-9-11(2)14(12,13)10-7-5-4-6-8-10/h1,4-8H,9H2,2H3. The van der Waals surface area contributed by atoms with Gasteiger partial charge in [-0.25, -0.2) is 8.42 Å². The van der Waals surface area contributed by atoms with Crippen LogP contribution in [-0.4, -0.2) is 26.3 Å². The highest BCUT2D eigenvalue weighted by Gasteiger charge is 2.18. The molecule has 0 fully saturated rings. The molecule has 0 bridgehead atoms. The lowest BCUT2D eigenvalue weighted by Gasteiger charge is -2.13. The van der Waals surface area contributed by atoms with Crippen LogP contribution in [0.1, 0.15) is 0 Å². The molecule has 0 N–H and O–H groups in total. The minimum Gasteiger partial charge on any atom is -0.207 e. The Kier molecular flexibility index (Phi) is 3.28. The molecule has 0 amide bonds. The van der Waals surface area contributed by atoms with Crippen molar-refractivity contribution in [2.45, 2.75) is 4.90 Å². The topological polar surface area (TPSA) is 37.4 Å². The molecule has 0 saturated carbocycles. The number of benzene rings is 1. The van der Waals surface area contributed by atoms with Crippen LogP contribution in [0.5, 0.6) is 0 Å². The average Bonchev–Trinajstić information content (AvgIpc) is 2.19. The van der Waals surface area contributed by atoms with Gasteiger partial charge in [-0.15, -0.1) is 6.42 Å². The molecule has 1 aromatic rings. The van der Waals surface area contributed by atoms with E-state index in [1.165, 1.54) is 7.05 Å². The highest BCUT2D eigenvalue weighted by molar-refractivity contribution is 7.89. The third-order valence-corrected chi connectivity index (χ3v) is 3.58. The summed E-state index contributed by atoms with van der Waals surface area (Å²) in [5.74, 6) is 2.29. The quantitative estimate of drug-likeness (QED) is 0.695. The van der Waals surface area contributed by atoms with E-state index in [0.717, 1.165) is 4.31 Å². The Bertz CT molecular complexity index is 431. The van der Waals surface area contributed by atoms with E-state index in [1.54, 1.807) is 30.3 Å². The van der Waals surface area contributed by atoms with E-state index in [2.05, 4.69) is 5.92 Å². The Morgan fingerprint density at radius 2 is 1.93 bits per heavy atom. The Labute approximate surface area is 84.4 Å². The number of hydrogen-bond donors (Lipinski definition) is 0. The SMILES string of the molecule is C#CCN(C)S(=O)(=O)c1ccccc1. The monoisotopic (exact) mass is 209 g/mol. The van der Waals surface area contributed by atoms with Crippen LogP contribution < -0.4 is 0 Å². The van der Waals surface area contributed by atoms with Gasteiger partial charge in [-0.2, -0.15) is 4.31 Å². The molecule has 0 aliphatic carbocycles. The number of terminal acetylenes is 1. The highest BCUT2D eigenvalue weighted by Crippen LogP contribution is 2.12. The molecule has 0 radical (unpaired) electrons. The fourth-order valence-electron chi connectivity index (χ4n) is 0.986. The molecule has 0 saturated heterocycles. The summed E-state index contributed by atoms with van der Waals surface area (Å²) < 4.78 is 24.6. The maximum absolute atomic E-state index is 11.8. The molecule has 14 heavy (non-hydrogen) atoms. The van der Waals surface area contributed by atoms with Gasteiger partial charge < -0.3 is 0 Å². The molecule has 0 aliphatic rings. The van der Waals surface area contributed by atoms with E-state index in [-0.39, 0.29) is 11.4 Å². The van der Waals surface area contributed by atoms with Gasteiger partial charge >= 0.3 is 0 Å². The minimum atomic E-state index is -3.41. The predicted octanol–water partition coefficient (Wildman–Crippen LogP) is 0.940. The van der Waals surface area contributed by atoms with Crippen LogP contribution >= 0.6 is 0 Å². The summed E-state index contributed by atoms with van der Waals surface area (Å²) in [5.41, 5.74) is 0. The van der Waals surface area contributed by atoms with Crippen molar-refractivity contribution in [3.63, 3.8) is 0 Å². The van der Waals surface area contributed by atoms with Crippen molar-refractivity contribution in [2.75, 3.05) is 13.6 Å². The van der Waals surface area contributed by atoms with Crippen molar-refractivity contribution in [3.8, 4) is 12.3 Å². The van der Waals surface area contributed by atoms with Gasteiger partial charge in [-0.3, -0.25) is 0 Å². The van der Waals surface area contributed by atoms with E-state index < -0.39 is 10.0 Å². The van der Waals surface area contributed by atoms with Crippen molar-refractivity contribution in [1.29, 1.82) is 0 Å². The van der Waals surface area contributed by atoms with Crippen molar-refractivity contribution in [2.24, 2.45) is 0 Å². The summed E-state index contributed by atoms with van der Waals surface area (Å²) in [6.07, 6.45) is 5.05. The molecule has 0 aromatic heterocycles. The zero-order valence-corrected chi connectivity index (χ0v) is 8.66. The first-order chi connectivity index (χ1) is 6.59. The Balaban J connectivity index is 3.05. The fraction of sp³-hybridized carbons (Fsp3) is 0.200. The number of sulfonamides is 1. The number of hydrogen-bond acceptors (Lipinski definition) is 2. The smallest absolute Gasteiger partial charge is 0.207 e. The number of rotatable bonds is 3. The van der Waals surface area contributed by atoms with Crippen molar-refractivity contribution in [3.05, 3.63) is 30.3 Å². The highest BCUT2D eigenvalue weighted by atomic mass is 32.2. The van der Waals surface area contributed by atoms with Crippen LogP contribution in [0.15, 0.2) is 35.2 Å². The minimum absolute atomic E-state index is 0.0806. The molecule has 0 spiro atoms. The third kappa shape index (κ3) is 2.13. The van der Waals surface area contributed by atoms with Crippen molar-refractivity contribution in [1.82, 2.24) is 4.31 Å². The van der Waals surface area contributed by atoms with Crippen LogP contribution in [0.3, 0.4) is 0 Å². The van der Waals surface area contributed by atoms with Crippen LogP contribution in [0.2, 0.25) is 0 Å². The van der Waals surface area contributed by atoms with Crippen LogP contribution in [0.25, 0.3) is 0 Å². The van der Waals surface area contributed by atoms with Gasteiger partial charge in [0.2, 0.25) is 10.0 Å². The largest absolute Gasteiger partial charge is 0.243 e. The Morgan fingerprint density at radius 3 is 2.43 bits per heavy atom. The summed E-state index contributed by atoms with van der Waals surface area (Å²) >= 11 is 0. The Morgan fingerprint density at radius 1 is 1.36 bits per heavy atom. The second-order valence-electron chi connectivity index (χ2n) is 2.78. The van der Waals surface area contributed by atoms with Crippen molar-refractivity contribution < 1.29 is 8.42 Å². The summed E-state index contributed by atoms with van der Waals surface area (Å²) in [7, 11) is -1.95. The number of nitrogens with zero attached hydrogens (tertiary/aromatic N) is 1. The molecule has 3 nitrogen and oxygen atoms in total. The molecule has 0 atom stereocenters. The second-order valence-corrected chi connectivity index (χ2v) is 4.82. The summed E-state index contributed by atoms with van der Waals surface area (Å²) in [6.45, 7) is 0.0806. The molecular formula is C10H11NO2S. The lowest BCUT2D eigenvalue weighted by molar-refractivity contribution is 0.503. The first kappa shape index (κ1) is 10.8. The van der Waals surface area contributed by atoms with Gasteiger partial charge in [0.15, 0.2) is 0 Å². The zero-order chi connectivity index (χ0) is 10.6. The average molecular weight is 209 g/mol. The zero-order valence-electron chi connectivity index (χ0n) is 7.84. The van der Waals surface area contributed by atoms with Crippen LogP contribution in [0, 0.1) is 12.3 Å². The molecule has 1 aromatic carbocycles. The molecule has 0 aliphatic heterocycles. The van der Waals surface area contributed by atoms with Crippen molar-refractivity contribution >= 4 is 10.0 Å². The van der Waals surface area contributed by atoms with Crippen LogP contribution in [0.4, 0.5) is 0 Å². The summed E-state index contributed by atoms with van der Waals surface area (Å²) in [6, 6.07) is 8.21. The Hall–Kier alpha value is -1.31. The summed E-state index contributed by atoms with van der Waals surface area (Å²) in [5, 5.41) is 0.